The van der Waals surface area contributed by atoms with Crippen molar-refractivity contribution in [1.29, 1.82) is 0 Å². The Morgan fingerprint density at radius 3 is 1.80 bits per heavy atom. The van der Waals surface area contributed by atoms with Crippen molar-refractivity contribution in [2.24, 2.45) is 5.92 Å². The second-order valence-electron chi connectivity index (χ2n) is 9.09. The smallest absolute Gasteiger partial charge is 0.132 e. The first kappa shape index (κ1) is 27.0. The molecule has 1 aromatic carbocycles. The van der Waals surface area contributed by atoms with Crippen LogP contribution in [0.15, 0.2) is 12.1 Å². The standard InChI is InChI=1S/C26H43F3O/c1-5-7-8-9-10-13-16-21(26(3,4)30-6-2)17-14-11-12-15-18-23-24(28)19-22(27)20-25(23)29/h19-21H,5-18H2,1-4H3. The van der Waals surface area contributed by atoms with E-state index < -0.39 is 17.5 Å². The van der Waals surface area contributed by atoms with Gasteiger partial charge in [0.1, 0.15) is 17.5 Å². The lowest BCUT2D eigenvalue weighted by Gasteiger charge is -2.34. The summed E-state index contributed by atoms with van der Waals surface area (Å²) in [4.78, 5) is 0. The second kappa shape index (κ2) is 14.9. The fourth-order valence-corrected chi connectivity index (χ4v) is 4.36. The summed E-state index contributed by atoms with van der Waals surface area (Å²) in [7, 11) is 0. The summed E-state index contributed by atoms with van der Waals surface area (Å²) in [6.45, 7) is 9.44. The molecule has 0 radical (unpaired) electrons. The van der Waals surface area contributed by atoms with Gasteiger partial charge in [-0.05, 0) is 52.4 Å². The van der Waals surface area contributed by atoms with E-state index in [2.05, 4.69) is 27.7 Å². The average molecular weight is 429 g/mol. The van der Waals surface area contributed by atoms with Crippen LogP contribution in [0.5, 0.6) is 0 Å². The van der Waals surface area contributed by atoms with E-state index in [1.54, 1.807) is 0 Å². The van der Waals surface area contributed by atoms with Crippen molar-refractivity contribution in [3.05, 3.63) is 35.1 Å². The maximum Gasteiger partial charge on any atom is 0.132 e. The summed E-state index contributed by atoms with van der Waals surface area (Å²) in [6.07, 6.45) is 14.3. The van der Waals surface area contributed by atoms with Gasteiger partial charge >= 0.3 is 0 Å². The molecule has 0 bridgehead atoms. The molecule has 0 amide bonds. The maximum absolute atomic E-state index is 13.7. The van der Waals surface area contributed by atoms with Gasteiger partial charge in [-0.1, -0.05) is 64.7 Å². The third-order valence-corrected chi connectivity index (χ3v) is 6.24. The minimum atomic E-state index is -0.859. The molecular formula is C26H43F3O. The van der Waals surface area contributed by atoms with E-state index >= 15 is 0 Å². The summed E-state index contributed by atoms with van der Waals surface area (Å²) in [5.41, 5.74) is -0.103. The molecule has 0 aliphatic heterocycles. The van der Waals surface area contributed by atoms with E-state index in [9.17, 15) is 13.2 Å². The minimum absolute atomic E-state index is 0.00910. The Morgan fingerprint density at radius 1 is 0.767 bits per heavy atom. The number of benzene rings is 1. The molecule has 0 N–H and O–H groups in total. The first-order valence-electron chi connectivity index (χ1n) is 12.1. The third-order valence-electron chi connectivity index (χ3n) is 6.24. The van der Waals surface area contributed by atoms with Crippen molar-refractivity contribution < 1.29 is 17.9 Å². The average Bonchev–Trinajstić information content (AvgIpc) is 2.66. The molecule has 0 heterocycles. The Kier molecular flexibility index (Phi) is 13.4. The highest BCUT2D eigenvalue weighted by Crippen LogP contribution is 2.31. The first-order chi connectivity index (χ1) is 14.3. The summed E-state index contributed by atoms with van der Waals surface area (Å²) in [6, 6.07) is 1.53. The monoisotopic (exact) mass is 428 g/mol. The normalized spacial score (nSPS) is 13.0. The van der Waals surface area contributed by atoms with Gasteiger partial charge in [0.2, 0.25) is 0 Å². The van der Waals surface area contributed by atoms with Crippen LogP contribution in [0.3, 0.4) is 0 Å². The maximum atomic E-state index is 13.7. The quantitative estimate of drug-likeness (QED) is 0.225. The first-order valence-corrected chi connectivity index (χ1v) is 12.1. The Hall–Kier alpha value is -1.03. The van der Waals surface area contributed by atoms with Crippen molar-refractivity contribution in [3.8, 4) is 0 Å². The Bertz CT molecular complexity index is 563. The molecule has 0 spiro atoms. The van der Waals surface area contributed by atoms with E-state index in [1.165, 1.54) is 44.9 Å². The molecular weight excluding hydrogens is 385 g/mol. The summed E-state index contributed by atoms with van der Waals surface area (Å²) in [5.74, 6) is -1.87. The fourth-order valence-electron chi connectivity index (χ4n) is 4.36. The van der Waals surface area contributed by atoms with Crippen LogP contribution in [0.2, 0.25) is 0 Å². The predicted molar refractivity (Wildman–Crippen MR) is 120 cm³/mol. The van der Waals surface area contributed by atoms with Crippen LogP contribution in [0.1, 0.15) is 110 Å². The molecule has 1 nitrogen and oxygen atoms in total. The van der Waals surface area contributed by atoms with Crippen molar-refractivity contribution in [1.82, 2.24) is 0 Å². The minimum Gasteiger partial charge on any atom is -0.376 e. The Balaban J connectivity index is 2.36. The highest BCUT2D eigenvalue weighted by atomic mass is 19.1. The summed E-state index contributed by atoms with van der Waals surface area (Å²) < 4.78 is 46.5. The lowest BCUT2D eigenvalue weighted by atomic mass is 9.82. The molecule has 174 valence electrons. The molecule has 30 heavy (non-hydrogen) atoms. The second-order valence-corrected chi connectivity index (χ2v) is 9.09. The van der Waals surface area contributed by atoms with Crippen LogP contribution in [-0.2, 0) is 11.2 Å². The van der Waals surface area contributed by atoms with E-state index in [4.69, 9.17) is 4.74 Å². The van der Waals surface area contributed by atoms with Crippen molar-refractivity contribution in [3.63, 3.8) is 0 Å². The van der Waals surface area contributed by atoms with Gasteiger partial charge in [-0.15, -0.1) is 0 Å². The van der Waals surface area contributed by atoms with Crippen LogP contribution < -0.4 is 0 Å². The third kappa shape index (κ3) is 10.3. The fraction of sp³-hybridized carbons (Fsp3) is 0.769. The van der Waals surface area contributed by atoms with Crippen molar-refractivity contribution >= 4 is 0 Å². The van der Waals surface area contributed by atoms with Gasteiger partial charge in [0, 0.05) is 24.3 Å². The lowest BCUT2D eigenvalue weighted by Crippen LogP contribution is -2.34. The van der Waals surface area contributed by atoms with Gasteiger partial charge in [0.05, 0.1) is 5.60 Å². The van der Waals surface area contributed by atoms with E-state index in [-0.39, 0.29) is 11.2 Å². The molecule has 1 unspecified atom stereocenters. The predicted octanol–water partition coefficient (Wildman–Crippen LogP) is 8.78. The van der Waals surface area contributed by atoms with Crippen LogP contribution >= 0.6 is 0 Å². The van der Waals surface area contributed by atoms with Crippen LogP contribution in [0.25, 0.3) is 0 Å². The zero-order chi connectivity index (χ0) is 22.4. The van der Waals surface area contributed by atoms with E-state index in [0.29, 0.717) is 12.3 Å². The van der Waals surface area contributed by atoms with Gasteiger partial charge in [-0.2, -0.15) is 0 Å². The molecule has 0 aromatic heterocycles. The van der Waals surface area contributed by atoms with Gasteiger partial charge in [0.15, 0.2) is 0 Å². The van der Waals surface area contributed by atoms with E-state index in [0.717, 1.165) is 50.8 Å². The number of hydrogen-bond acceptors (Lipinski definition) is 1. The number of halogens is 3. The van der Waals surface area contributed by atoms with Crippen molar-refractivity contribution in [2.45, 2.75) is 117 Å². The highest BCUT2D eigenvalue weighted by molar-refractivity contribution is 5.20. The van der Waals surface area contributed by atoms with Crippen LogP contribution in [0.4, 0.5) is 13.2 Å². The molecule has 1 atom stereocenters. The van der Waals surface area contributed by atoms with Crippen LogP contribution in [-0.4, -0.2) is 12.2 Å². The molecule has 1 rings (SSSR count). The number of unbranched alkanes of at least 4 members (excludes halogenated alkanes) is 8. The van der Waals surface area contributed by atoms with Crippen LogP contribution in [0, 0.1) is 23.4 Å². The van der Waals surface area contributed by atoms with Crippen molar-refractivity contribution in [2.75, 3.05) is 6.61 Å². The summed E-state index contributed by atoms with van der Waals surface area (Å²) in [5, 5.41) is 0. The number of hydrogen-bond donors (Lipinski definition) is 0. The van der Waals surface area contributed by atoms with Gasteiger partial charge in [-0.25, -0.2) is 13.2 Å². The molecule has 1 aromatic rings. The lowest BCUT2D eigenvalue weighted by molar-refractivity contribution is -0.0605. The Labute approximate surface area is 182 Å². The summed E-state index contributed by atoms with van der Waals surface area (Å²) >= 11 is 0. The highest BCUT2D eigenvalue weighted by Gasteiger charge is 2.29. The largest absolute Gasteiger partial charge is 0.376 e. The molecule has 0 fully saturated rings. The SMILES string of the molecule is CCCCCCCCC(CCCCCCc1c(F)cc(F)cc1F)C(C)(C)OCC. The molecule has 0 aliphatic carbocycles. The Morgan fingerprint density at radius 2 is 1.27 bits per heavy atom. The van der Waals surface area contributed by atoms with E-state index in [1.807, 2.05) is 0 Å². The zero-order valence-corrected chi connectivity index (χ0v) is 19.7. The molecule has 0 aliphatic rings. The molecule has 4 heteroatoms. The van der Waals surface area contributed by atoms with Gasteiger partial charge < -0.3 is 4.74 Å². The number of ether oxygens (including phenoxy) is 1. The molecule has 0 saturated heterocycles. The number of rotatable bonds is 17. The zero-order valence-electron chi connectivity index (χ0n) is 19.7. The van der Waals surface area contributed by atoms with Gasteiger partial charge in [-0.3, -0.25) is 0 Å². The van der Waals surface area contributed by atoms with Gasteiger partial charge in [0.25, 0.3) is 0 Å². The molecule has 0 saturated carbocycles. The topological polar surface area (TPSA) is 9.23 Å².